The second kappa shape index (κ2) is 5.19. The minimum atomic E-state index is -0.332. The average molecular weight is 267 g/mol. The zero-order valence-corrected chi connectivity index (χ0v) is 11.5. The van der Waals surface area contributed by atoms with Crippen LogP contribution in [0, 0.1) is 0 Å². The molecular formula is C13H21N3O3. The van der Waals surface area contributed by atoms with Crippen molar-refractivity contribution in [3.8, 4) is 0 Å². The molecule has 2 aliphatic rings. The van der Waals surface area contributed by atoms with E-state index >= 15 is 0 Å². The van der Waals surface area contributed by atoms with E-state index in [2.05, 4.69) is 15.5 Å². The van der Waals surface area contributed by atoms with Crippen molar-refractivity contribution in [2.45, 2.75) is 49.9 Å². The Balaban J connectivity index is 1.76. The number of ether oxygens (including phenoxy) is 2. The van der Waals surface area contributed by atoms with Crippen molar-refractivity contribution in [3.05, 3.63) is 11.7 Å². The van der Waals surface area contributed by atoms with Gasteiger partial charge < -0.3 is 19.3 Å². The van der Waals surface area contributed by atoms with Crippen molar-refractivity contribution >= 4 is 0 Å². The Bertz CT molecular complexity index is 429. The van der Waals surface area contributed by atoms with Crippen molar-refractivity contribution in [1.82, 2.24) is 15.5 Å². The van der Waals surface area contributed by atoms with Gasteiger partial charge in [0.05, 0.1) is 12.1 Å². The number of hydrogen-bond acceptors (Lipinski definition) is 6. The van der Waals surface area contributed by atoms with Gasteiger partial charge >= 0.3 is 0 Å². The van der Waals surface area contributed by atoms with Crippen LogP contribution in [0.25, 0.3) is 0 Å². The highest BCUT2D eigenvalue weighted by molar-refractivity contribution is 5.07. The lowest BCUT2D eigenvalue weighted by Crippen LogP contribution is -2.26. The minimum absolute atomic E-state index is 0.0986. The molecular weight excluding hydrogens is 246 g/mol. The SMILES string of the molecule is COC1CNC(c2nc(C3(OC)CCCC3)no2)C1. The Labute approximate surface area is 112 Å². The minimum Gasteiger partial charge on any atom is -0.380 e. The number of nitrogens with zero attached hydrogens (tertiary/aromatic N) is 2. The van der Waals surface area contributed by atoms with Gasteiger partial charge in [-0.25, -0.2) is 0 Å². The predicted octanol–water partition coefficient (Wildman–Crippen LogP) is 1.53. The molecule has 1 aliphatic carbocycles. The first kappa shape index (κ1) is 13.0. The van der Waals surface area contributed by atoms with Crippen LogP contribution in [0.5, 0.6) is 0 Å². The van der Waals surface area contributed by atoms with Gasteiger partial charge in [-0.1, -0.05) is 5.16 Å². The smallest absolute Gasteiger partial charge is 0.243 e. The maximum Gasteiger partial charge on any atom is 0.243 e. The quantitative estimate of drug-likeness (QED) is 0.892. The third kappa shape index (κ3) is 2.28. The number of nitrogens with one attached hydrogen (secondary N) is 1. The summed E-state index contributed by atoms with van der Waals surface area (Å²) in [7, 11) is 3.46. The van der Waals surface area contributed by atoms with Gasteiger partial charge in [0.25, 0.3) is 0 Å². The van der Waals surface area contributed by atoms with Gasteiger partial charge in [-0.2, -0.15) is 4.98 Å². The summed E-state index contributed by atoms with van der Waals surface area (Å²) < 4.78 is 16.4. The fourth-order valence-electron chi connectivity index (χ4n) is 3.10. The van der Waals surface area contributed by atoms with Crippen molar-refractivity contribution < 1.29 is 14.0 Å². The van der Waals surface area contributed by atoms with Crippen LogP contribution in [-0.2, 0) is 15.1 Å². The fourth-order valence-corrected chi connectivity index (χ4v) is 3.10. The van der Waals surface area contributed by atoms with Crippen molar-refractivity contribution in [2.24, 2.45) is 0 Å². The molecule has 2 atom stereocenters. The first-order chi connectivity index (χ1) is 9.27. The van der Waals surface area contributed by atoms with E-state index in [4.69, 9.17) is 14.0 Å². The summed E-state index contributed by atoms with van der Waals surface area (Å²) in [5.74, 6) is 1.35. The molecule has 1 saturated carbocycles. The average Bonchev–Trinajstić information content (AvgIpc) is 3.17. The third-order valence-electron chi connectivity index (χ3n) is 4.37. The summed E-state index contributed by atoms with van der Waals surface area (Å²) in [4.78, 5) is 4.57. The standard InChI is InChI=1S/C13H21N3O3/c1-17-9-7-10(14-8-9)11-15-12(16-19-11)13(18-2)5-3-4-6-13/h9-10,14H,3-8H2,1-2H3. The van der Waals surface area contributed by atoms with Crippen LogP contribution in [0.3, 0.4) is 0 Å². The molecule has 106 valence electrons. The van der Waals surface area contributed by atoms with Crippen molar-refractivity contribution in [2.75, 3.05) is 20.8 Å². The normalized spacial score (nSPS) is 30.0. The van der Waals surface area contributed by atoms with E-state index in [1.54, 1.807) is 14.2 Å². The van der Waals surface area contributed by atoms with Gasteiger partial charge in [0.15, 0.2) is 0 Å². The van der Waals surface area contributed by atoms with Crippen LogP contribution < -0.4 is 5.32 Å². The molecule has 6 nitrogen and oxygen atoms in total. The van der Waals surface area contributed by atoms with E-state index in [1.165, 1.54) is 0 Å². The number of rotatable bonds is 4. The Hall–Kier alpha value is -0.980. The molecule has 0 radical (unpaired) electrons. The molecule has 1 saturated heterocycles. The topological polar surface area (TPSA) is 69.4 Å². The summed E-state index contributed by atoms with van der Waals surface area (Å²) in [6, 6.07) is 0.0986. The van der Waals surface area contributed by atoms with E-state index in [-0.39, 0.29) is 17.7 Å². The van der Waals surface area contributed by atoms with Gasteiger partial charge in [-0.15, -0.1) is 0 Å². The first-order valence-corrected chi connectivity index (χ1v) is 6.93. The monoisotopic (exact) mass is 267 g/mol. The second-order valence-corrected chi connectivity index (χ2v) is 5.42. The summed E-state index contributed by atoms with van der Waals surface area (Å²) in [6.45, 7) is 0.828. The molecule has 1 N–H and O–H groups in total. The van der Waals surface area contributed by atoms with Gasteiger partial charge in [0.2, 0.25) is 11.7 Å². The molecule has 2 heterocycles. The van der Waals surface area contributed by atoms with E-state index in [0.29, 0.717) is 11.7 Å². The summed E-state index contributed by atoms with van der Waals surface area (Å²) in [5, 5.41) is 7.49. The lowest BCUT2D eigenvalue weighted by molar-refractivity contribution is -0.0178. The van der Waals surface area contributed by atoms with E-state index < -0.39 is 0 Å². The number of hydrogen-bond donors (Lipinski definition) is 1. The Morgan fingerprint density at radius 3 is 2.74 bits per heavy atom. The molecule has 6 heteroatoms. The van der Waals surface area contributed by atoms with Crippen LogP contribution in [0.1, 0.15) is 49.9 Å². The second-order valence-electron chi connectivity index (χ2n) is 5.42. The Morgan fingerprint density at radius 1 is 1.32 bits per heavy atom. The molecule has 2 fully saturated rings. The van der Waals surface area contributed by atoms with E-state index in [0.717, 1.165) is 38.6 Å². The van der Waals surface area contributed by atoms with Gasteiger partial charge in [-0.05, 0) is 32.1 Å². The highest BCUT2D eigenvalue weighted by Gasteiger charge is 2.41. The summed E-state index contributed by atoms with van der Waals surface area (Å²) in [6.07, 6.45) is 5.36. The lowest BCUT2D eigenvalue weighted by Gasteiger charge is -2.22. The van der Waals surface area contributed by atoms with Crippen molar-refractivity contribution in [3.63, 3.8) is 0 Å². The zero-order chi connectivity index (χ0) is 13.3. The Morgan fingerprint density at radius 2 is 2.11 bits per heavy atom. The summed E-state index contributed by atoms with van der Waals surface area (Å²) >= 11 is 0. The van der Waals surface area contributed by atoms with Crippen LogP contribution in [0.15, 0.2) is 4.52 Å². The van der Waals surface area contributed by atoms with E-state index in [1.807, 2.05) is 0 Å². The summed E-state index contributed by atoms with van der Waals surface area (Å²) in [5.41, 5.74) is -0.332. The van der Waals surface area contributed by atoms with Crippen LogP contribution in [0.4, 0.5) is 0 Å². The molecule has 1 aliphatic heterocycles. The van der Waals surface area contributed by atoms with Gasteiger partial charge in [-0.3, -0.25) is 0 Å². The fraction of sp³-hybridized carbons (Fsp3) is 0.846. The molecule has 0 bridgehead atoms. The maximum atomic E-state index is 5.67. The molecule has 19 heavy (non-hydrogen) atoms. The molecule has 1 aromatic rings. The molecule has 2 unspecified atom stereocenters. The largest absolute Gasteiger partial charge is 0.380 e. The lowest BCUT2D eigenvalue weighted by atomic mass is 10.0. The van der Waals surface area contributed by atoms with Crippen LogP contribution in [-0.4, -0.2) is 37.0 Å². The zero-order valence-electron chi connectivity index (χ0n) is 11.5. The third-order valence-corrected chi connectivity index (χ3v) is 4.37. The first-order valence-electron chi connectivity index (χ1n) is 6.93. The van der Waals surface area contributed by atoms with Gasteiger partial charge in [0, 0.05) is 20.8 Å². The molecule has 0 amide bonds. The van der Waals surface area contributed by atoms with Crippen LogP contribution in [0.2, 0.25) is 0 Å². The molecule has 0 spiro atoms. The van der Waals surface area contributed by atoms with Crippen LogP contribution >= 0.6 is 0 Å². The van der Waals surface area contributed by atoms with Crippen molar-refractivity contribution in [1.29, 1.82) is 0 Å². The Kier molecular flexibility index (Phi) is 3.56. The highest BCUT2D eigenvalue weighted by atomic mass is 16.5. The van der Waals surface area contributed by atoms with E-state index in [9.17, 15) is 0 Å². The highest BCUT2D eigenvalue weighted by Crippen LogP contribution is 2.40. The molecule has 1 aromatic heterocycles. The molecule has 3 rings (SSSR count). The number of methoxy groups -OCH3 is 2. The predicted molar refractivity (Wildman–Crippen MR) is 67.6 cm³/mol. The number of aromatic nitrogens is 2. The van der Waals surface area contributed by atoms with Gasteiger partial charge in [0.1, 0.15) is 5.60 Å². The maximum absolute atomic E-state index is 5.67. The molecule has 0 aromatic carbocycles.